The van der Waals surface area contributed by atoms with Crippen molar-refractivity contribution in [3.63, 3.8) is 0 Å². The first-order valence-electron chi connectivity index (χ1n) is 7.73. The standard InChI is InChI=1S/C17H19N3O3/c1-3-23-17(22)15-14(18-16(21)12-7-8-12)10-20(19-15)13-6-4-5-11(2)9-13/h4-6,9-10,12H,3,7-8H2,1-2H3,(H,18,21). The number of aromatic nitrogens is 2. The highest BCUT2D eigenvalue weighted by Gasteiger charge is 2.31. The Morgan fingerprint density at radius 1 is 1.39 bits per heavy atom. The lowest BCUT2D eigenvalue weighted by Gasteiger charge is -2.03. The van der Waals surface area contributed by atoms with Crippen LogP contribution in [0, 0.1) is 12.8 Å². The Labute approximate surface area is 134 Å². The van der Waals surface area contributed by atoms with E-state index >= 15 is 0 Å². The van der Waals surface area contributed by atoms with Gasteiger partial charge < -0.3 is 10.1 Å². The molecule has 0 unspecified atom stereocenters. The maximum absolute atomic E-state index is 12.1. The van der Waals surface area contributed by atoms with Gasteiger partial charge in [0.1, 0.15) is 0 Å². The smallest absolute Gasteiger partial charge is 0.361 e. The SMILES string of the molecule is CCOC(=O)c1nn(-c2cccc(C)c2)cc1NC(=O)C1CC1. The molecule has 120 valence electrons. The van der Waals surface area contributed by atoms with Gasteiger partial charge >= 0.3 is 5.97 Å². The van der Waals surface area contributed by atoms with E-state index in [1.807, 2.05) is 31.2 Å². The highest BCUT2D eigenvalue weighted by Crippen LogP contribution is 2.31. The Morgan fingerprint density at radius 3 is 2.83 bits per heavy atom. The van der Waals surface area contributed by atoms with E-state index in [9.17, 15) is 9.59 Å². The van der Waals surface area contributed by atoms with Gasteiger partial charge in [-0.15, -0.1) is 0 Å². The maximum atomic E-state index is 12.1. The number of esters is 1. The van der Waals surface area contributed by atoms with Crippen molar-refractivity contribution in [2.24, 2.45) is 5.92 Å². The van der Waals surface area contributed by atoms with Gasteiger partial charge in [0.2, 0.25) is 5.91 Å². The average Bonchev–Trinajstić information content (AvgIpc) is 3.29. The summed E-state index contributed by atoms with van der Waals surface area (Å²) in [4.78, 5) is 24.1. The largest absolute Gasteiger partial charge is 0.461 e. The van der Waals surface area contributed by atoms with Gasteiger partial charge in [0.15, 0.2) is 5.69 Å². The summed E-state index contributed by atoms with van der Waals surface area (Å²) in [5.41, 5.74) is 2.42. The van der Waals surface area contributed by atoms with Crippen molar-refractivity contribution in [2.75, 3.05) is 11.9 Å². The lowest BCUT2D eigenvalue weighted by molar-refractivity contribution is -0.117. The van der Waals surface area contributed by atoms with Gasteiger partial charge in [-0.3, -0.25) is 4.79 Å². The number of hydrogen-bond acceptors (Lipinski definition) is 4. The molecule has 0 saturated heterocycles. The van der Waals surface area contributed by atoms with Gasteiger partial charge in [0.05, 0.1) is 24.2 Å². The zero-order valence-corrected chi connectivity index (χ0v) is 13.2. The highest BCUT2D eigenvalue weighted by molar-refractivity contribution is 6.01. The van der Waals surface area contributed by atoms with Crippen molar-refractivity contribution in [1.29, 1.82) is 0 Å². The number of benzene rings is 1. The molecule has 2 aromatic rings. The Bertz CT molecular complexity index is 747. The van der Waals surface area contributed by atoms with Crippen LogP contribution in [0.5, 0.6) is 0 Å². The molecular weight excluding hydrogens is 294 g/mol. The third kappa shape index (κ3) is 3.41. The summed E-state index contributed by atoms with van der Waals surface area (Å²) in [6.07, 6.45) is 3.44. The number of aryl methyl sites for hydroxylation is 1. The summed E-state index contributed by atoms with van der Waals surface area (Å²) < 4.78 is 6.62. The quantitative estimate of drug-likeness (QED) is 0.861. The van der Waals surface area contributed by atoms with E-state index in [2.05, 4.69) is 10.4 Å². The van der Waals surface area contributed by atoms with Crippen LogP contribution < -0.4 is 5.32 Å². The van der Waals surface area contributed by atoms with Crippen LogP contribution in [-0.2, 0) is 9.53 Å². The summed E-state index contributed by atoms with van der Waals surface area (Å²) >= 11 is 0. The van der Waals surface area contributed by atoms with Crippen molar-refractivity contribution in [2.45, 2.75) is 26.7 Å². The molecule has 0 aliphatic heterocycles. The molecule has 0 radical (unpaired) electrons. The van der Waals surface area contributed by atoms with Crippen molar-refractivity contribution in [3.05, 3.63) is 41.7 Å². The number of nitrogens with one attached hydrogen (secondary N) is 1. The molecule has 1 N–H and O–H groups in total. The topological polar surface area (TPSA) is 73.2 Å². The molecule has 1 aliphatic carbocycles. The minimum Gasteiger partial charge on any atom is -0.461 e. The van der Waals surface area contributed by atoms with Crippen LogP contribution in [-0.4, -0.2) is 28.3 Å². The second-order valence-electron chi connectivity index (χ2n) is 5.66. The van der Waals surface area contributed by atoms with Gasteiger partial charge in [-0.25, -0.2) is 9.48 Å². The Hall–Kier alpha value is -2.63. The van der Waals surface area contributed by atoms with Crippen LogP contribution in [0.1, 0.15) is 35.8 Å². The molecule has 0 atom stereocenters. The molecule has 1 saturated carbocycles. The fourth-order valence-electron chi connectivity index (χ4n) is 2.30. The number of amides is 1. The van der Waals surface area contributed by atoms with Crippen LogP contribution in [0.25, 0.3) is 5.69 Å². The van der Waals surface area contributed by atoms with E-state index in [-0.39, 0.29) is 24.1 Å². The van der Waals surface area contributed by atoms with E-state index in [0.717, 1.165) is 24.1 Å². The monoisotopic (exact) mass is 313 g/mol. The first-order chi connectivity index (χ1) is 11.1. The van der Waals surface area contributed by atoms with Crippen molar-refractivity contribution in [3.8, 4) is 5.69 Å². The summed E-state index contributed by atoms with van der Waals surface area (Å²) in [5.74, 6) is -0.559. The summed E-state index contributed by atoms with van der Waals surface area (Å²) in [6.45, 7) is 3.97. The summed E-state index contributed by atoms with van der Waals surface area (Å²) in [6, 6.07) is 7.74. The fourth-order valence-corrected chi connectivity index (χ4v) is 2.30. The molecule has 1 aromatic carbocycles. The van der Waals surface area contributed by atoms with E-state index < -0.39 is 5.97 Å². The lowest BCUT2D eigenvalue weighted by Crippen LogP contribution is -2.16. The molecule has 1 fully saturated rings. The third-order valence-electron chi connectivity index (χ3n) is 3.66. The molecule has 0 bridgehead atoms. The second kappa shape index (κ2) is 6.24. The molecule has 3 rings (SSSR count). The number of rotatable bonds is 5. The van der Waals surface area contributed by atoms with Crippen molar-refractivity contribution in [1.82, 2.24) is 9.78 Å². The predicted molar refractivity (Wildman–Crippen MR) is 85.6 cm³/mol. The van der Waals surface area contributed by atoms with Gasteiger partial charge in [-0.1, -0.05) is 12.1 Å². The van der Waals surface area contributed by atoms with E-state index in [1.54, 1.807) is 17.8 Å². The van der Waals surface area contributed by atoms with Crippen LogP contribution in [0.4, 0.5) is 5.69 Å². The molecule has 23 heavy (non-hydrogen) atoms. The number of carbonyl (C=O) groups excluding carboxylic acids is 2. The van der Waals surface area contributed by atoms with Crippen molar-refractivity contribution < 1.29 is 14.3 Å². The zero-order chi connectivity index (χ0) is 16.4. The van der Waals surface area contributed by atoms with Crippen LogP contribution >= 0.6 is 0 Å². The zero-order valence-electron chi connectivity index (χ0n) is 13.2. The fraction of sp³-hybridized carbons (Fsp3) is 0.353. The lowest BCUT2D eigenvalue weighted by atomic mass is 10.2. The molecule has 0 spiro atoms. The molecular formula is C17H19N3O3. The molecule has 1 aromatic heterocycles. The van der Waals surface area contributed by atoms with E-state index in [4.69, 9.17) is 4.74 Å². The minimum atomic E-state index is -0.537. The predicted octanol–water partition coefficient (Wildman–Crippen LogP) is 2.71. The highest BCUT2D eigenvalue weighted by atomic mass is 16.5. The minimum absolute atomic E-state index is 0.0485. The number of nitrogens with zero attached hydrogens (tertiary/aromatic N) is 2. The second-order valence-corrected chi connectivity index (χ2v) is 5.66. The van der Waals surface area contributed by atoms with Gasteiger partial charge in [0.25, 0.3) is 0 Å². The normalized spacial score (nSPS) is 13.7. The van der Waals surface area contributed by atoms with Gasteiger partial charge in [-0.05, 0) is 44.4 Å². The third-order valence-corrected chi connectivity index (χ3v) is 3.66. The molecule has 6 nitrogen and oxygen atoms in total. The molecule has 6 heteroatoms. The maximum Gasteiger partial charge on any atom is 0.361 e. The first kappa shape index (κ1) is 15.3. The number of carbonyl (C=O) groups is 2. The number of ether oxygens (including phenoxy) is 1. The van der Waals surface area contributed by atoms with Crippen LogP contribution in [0.2, 0.25) is 0 Å². The Balaban J connectivity index is 1.94. The molecule has 1 aliphatic rings. The first-order valence-corrected chi connectivity index (χ1v) is 7.73. The molecule has 1 amide bonds. The average molecular weight is 313 g/mol. The summed E-state index contributed by atoms with van der Waals surface area (Å²) in [7, 11) is 0. The van der Waals surface area contributed by atoms with E-state index in [1.165, 1.54) is 0 Å². The molecule has 1 heterocycles. The van der Waals surface area contributed by atoms with Crippen LogP contribution in [0.3, 0.4) is 0 Å². The summed E-state index contributed by atoms with van der Waals surface area (Å²) in [5, 5.41) is 7.09. The van der Waals surface area contributed by atoms with Gasteiger partial charge in [0, 0.05) is 5.92 Å². The van der Waals surface area contributed by atoms with E-state index in [0.29, 0.717) is 5.69 Å². The van der Waals surface area contributed by atoms with Crippen molar-refractivity contribution >= 4 is 17.6 Å². The Morgan fingerprint density at radius 2 is 2.17 bits per heavy atom. The number of hydrogen-bond donors (Lipinski definition) is 1. The van der Waals surface area contributed by atoms with Crippen LogP contribution in [0.15, 0.2) is 30.5 Å². The number of anilines is 1. The van der Waals surface area contributed by atoms with Gasteiger partial charge in [-0.2, -0.15) is 5.10 Å². The Kier molecular flexibility index (Phi) is 4.14.